The summed E-state index contributed by atoms with van der Waals surface area (Å²) in [6, 6.07) is 9.59. The number of hydrogen-bond donors (Lipinski definition) is 0. The van der Waals surface area contributed by atoms with Crippen LogP contribution in [-0.4, -0.2) is 37.5 Å². The van der Waals surface area contributed by atoms with Gasteiger partial charge in [0.1, 0.15) is 0 Å². The van der Waals surface area contributed by atoms with Crippen molar-refractivity contribution >= 4 is 29.9 Å². The first-order valence-corrected chi connectivity index (χ1v) is 10.2. The molecule has 0 aromatic heterocycles. The first-order valence-electron chi connectivity index (χ1n) is 10.2. The van der Waals surface area contributed by atoms with Gasteiger partial charge in [-0.1, -0.05) is 13.0 Å². The molecule has 0 unspecified atom stereocenters. The highest BCUT2D eigenvalue weighted by atomic mass is 16.6. The maximum absolute atomic E-state index is 12.4. The predicted octanol–water partition coefficient (Wildman–Crippen LogP) is 3.68. The van der Waals surface area contributed by atoms with Crippen molar-refractivity contribution in [2.45, 2.75) is 27.2 Å². The number of nitrogens with zero attached hydrogens (tertiary/aromatic N) is 1. The highest BCUT2D eigenvalue weighted by Crippen LogP contribution is 2.32. The van der Waals surface area contributed by atoms with Gasteiger partial charge in [-0.25, -0.2) is 9.79 Å². The van der Waals surface area contributed by atoms with Crippen LogP contribution in [0.15, 0.2) is 47.1 Å². The molecule has 9 nitrogen and oxygen atoms in total. The zero-order valence-electron chi connectivity index (χ0n) is 18.7. The fourth-order valence-electron chi connectivity index (χ4n) is 2.89. The Bertz CT molecular complexity index is 1150. The monoisotopic (exact) mass is 453 g/mol. The largest absolute Gasteiger partial charge is 0.493 e. The standard InChI is InChI=1S/C24H23NO8/c1-5-22(27)32-19-9-7-15(12-21(19)30-6-2)11-17-24(28)33-23(25-17)16-8-10-18(31-14(3)26)20(13-16)29-4/h7-13H,5-6H2,1-4H3/b17-11-. The molecule has 1 heterocycles. The first kappa shape index (κ1) is 23.5. The van der Waals surface area contributed by atoms with Gasteiger partial charge in [-0.05, 0) is 48.9 Å². The third-order valence-electron chi connectivity index (χ3n) is 4.37. The number of aliphatic imine (C=N–C) groups is 1. The van der Waals surface area contributed by atoms with Crippen molar-refractivity contribution in [1.29, 1.82) is 0 Å². The van der Waals surface area contributed by atoms with E-state index >= 15 is 0 Å². The summed E-state index contributed by atoms with van der Waals surface area (Å²) in [7, 11) is 1.43. The fraction of sp³-hybridized carbons (Fsp3) is 0.250. The van der Waals surface area contributed by atoms with E-state index in [1.54, 1.807) is 37.3 Å². The third-order valence-corrected chi connectivity index (χ3v) is 4.37. The van der Waals surface area contributed by atoms with Crippen molar-refractivity contribution in [3.05, 3.63) is 53.2 Å². The molecule has 0 saturated heterocycles. The number of rotatable bonds is 8. The molecule has 0 aliphatic carbocycles. The number of carbonyl (C=O) groups is 3. The van der Waals surface area contributed by atoms with Gasteiger partial charge in [0.25, 0.3) is 0 Å². The van der Waals surface area contributed by atoms with Crippen LogP contribution in [0.5, 0.6) is 23.0 Å². The number of hydrogen-bond acceptors (Lipinski definition) is 9. The summed E-state index contributed by atoms with van der Waals surface area (Å²) < 4.78 is 26.5. The second-order valence-electron chi connectivity index (χ2n) is 6.76. The van der Waals surface area contributed by atoms with Gasteiger partial charge < -0.3 is 23.7 Å². The lowest BCUT2D eigenvalue weighted by Gasteiger charge is -2.10. The summed E-state index contributed by atoms with van der Waals surface area (Å²) in [5.41, 5.74) is 1.15. The van der Waals surface area contributed by atoms with Crippen molar-refractivity contribution in [3.63, 3.8) is 0 Å². The van der Waals surface area contributed by atoms with E-state index < -0.39 is 11.9 Å². The molecule has 3 rings (SSSR count). The quantitative estimate of drug-likeness (QED) is 0.338. The van der Waals surface area contributed by atoms with E-state index in [-0.39, 0.29) is 35.5 Å². The molecule has 0 radical (unpaired) electrons. The molecule has 2 aromatic rings. The molecule has 0 atom stereocenters. The highest BCUT2D eigenvalue weighted by molar-refractivity contribution is 6.13. The zero-order chi connectivity index (χ0) is 24.0. The van der Waals surface area contributed by atoms with Crippen molar-refractivity contribution in [3.8, 4) is 23.0 Å². The minimum absolute atomic E-state index is 0.0776. The maximum atomic E-state index is 12.4. The molecule has 0 saturated carbocycles. The summed E-state index contributed by atoms with van der Waals surface area (Å²) in [5.74, 6) is -0.230. The molecular weight excluding hydrogens is 430 g/mol. The second-order valence-corrected chi connectivity index (χ2v) is 6.76. The number of benzene rings is 2. The Labute approximate surface area is 190 Å². The second kappa shape index (κ2) is 10.4. The van der Waals surface area contributed by atoms with Gasteiger partial charge in [0, 0.05) is 18.9 Å². The fourth-order valence-corrected chi connectivity index (χ4v) is 2.89. The van der Waals surface area contributed by atoms with Crippen LogP contribution in [0.2, 0.25) is 0 Å². The lowest BCUT2D eigenvalue weighted by atomic mass is 10.1. The van der Waals surface area contributed by atoms with Crippen LogP contribution in [-0.2, 0) is 19.1 Å². The van der Waals surface area contributed by atoms with E-state index in [9.17, 15) is 14.4 Å². The molecule has 0 spiro atoms. The van der Waals surface area contributed by atoms with Crippen molar-refractivity contribution < 1.29 is 38.1 Å². The average molecular weight is 453 g/mol. The topological polar surface area (TPSA) is 110 Å². The van der Waals surface area contributed by atoms with E-state index in [0.29, 0.717) is 29.2 Å². The normalized spacial score (nSPS) is 13.9. The lowest BCUT2D eigenvalue weighted by Crippen LogP contribution is -2.07. The average Bonchev–Trinajstić information content (AvgIpc) is 3.15. The van der Waals surface area contributed by atoms with Gasteiger partial charge in [0.05, 0.1) is 13.7 Å². The lowest BCUT2D eigenvalue weighted by molar-refractivity contribution is -0.134. The van der Waals surface area contributed by atoms with Gasteiger partial charge in [0.2, 0.25) is 5.90 Å². The zero-order valence-corrected chi connectivity index (χ0v) is 18.7. The Morgan fingerprint density at radius 1 is 1.00 bits per heavy atom. The Kier molecular flexibility index (Phi) is 7.45. The SMILES string of the molecule is CCOc1cc(/C=C2\N=C(c3ccc(OC(C)=O)c(OC)c3)OC2=O)ccc1OC(=O)CC. The van der Waals surface area contributed by atoms with Crippen molar-refractivity contribution in [2.75, 3.05) is 13.7 Å². The van der Waals surface area contributed by atoms with Gasteiger partial charge in [-0.15, -0.1) is 0 Å². The summed E-state index contributed by atoms with van der Waals surface area (Å²) >= 11 is 0. The maximum Gasteiger partial charge on any atom is 0.363 e. The molecule has 172 valence electrons. The summed E-state index contributed by atoms with van der Waals surface area (Å²) in [4.78, 5) is 39.5. The molecule has 2 aromatic carbocycles. The summed E-state index contributed by atoms with van der Waals surface area (Å²) in [5, 5.41) is 0. The van der Waals surface area contributed by atoms with E-state index in [1.165, 1.54) is 26.2 Å². The van der Waals surface area contributed by atoms with E-state index in [4.69, 9.17) is 23.7 Å². The van der Waals surface area contributed by atoms with Gasteiger partial charge in [0.15, 0.2) is 28.7 Å². The van der Waals surface area contributed by atoms with Crippen LogP contribution in [0.4, 0.5) is 0 Å². The summed E-state index contributed by atoms with van der Waals surface area (Å²) in [6.07, 6.45) is 1.76. The highest BCUT2D eigenvalue weighted by Gasteiger charge is 2.25. The smallest absolute Gasteiger partial charge is 0.363 e. The molecular formula is C24H23NO8. The van der Waals surface area contributed by atoms with Gasteiger partial charge in [-0.3, -0.25) is 9.59 Å². The molecule has 9 heteroatoms. The van der Waals surface area contributed by atoms with Crippen molar-refractivity contribution in [1.82, 2.24) is 0 Å². The Morgan fingerprint density at radius 2 is 1.73 bits per heavy atom. The molecule has 0 fully saturated rings. The number of cyclic esters (lactones) is 1. The number of ether oxygens (including phenoxy) is 5. The molecule has 0 bridgehead atoms. The number of carbonyl (C=O) groups excluding carboxylic acids is 3. The number of esters is 3. The molecule has 1 aliphatic heterocycles. The Hall–Kier alpha value is -4.14. The first-order chi connectivity index (χ1) is 15.8. The van der Waals surface area contributed by atoms with Gasteiger partial charge in [-0.2, -0.15) is 0 Å². The van der Waals surface area contributed by atoms with Crippen LogP contribution in [0.25, 0.3) is 6.08 Å². The number of methoxy groups -OCH3 is 1. The molecule has 1 aliphatic rings. The molecule has 0 N–H and O–H groups in total. The van der Waals surface area contributed by atoms with E-state index in [1.807, 2.05) is 6.92 Å². The molecule has 33 heavy (non-hydrogen) atoms. The van der Waals surface area contributed by atoms with Crippen LogP contribution < -0.4 is 18.9 Å². The summed E-state index contributed by atoms with van der Waals surface area (Å²) in [6.45, 7) is 5.15. The Balaban J connectivity index is 1.90. The predicted molar refractivity (Wildman–Crippen MR) is 118 cm³/mol. The van der Waals surface area contributed by atoms with Crippen LogP contribution >= 0.6 is 0 Å². The van der Waals surface area contributed by atoms with E-state index in [2.05, 4.69) is 4.99 Å². The van der Waals surface area contributed by atoms with Crippen LogP contribution in [0.3, 0.4) is 0 Å². The van der Waals surface area contributed by atoms with Crippen LogP contribution in [0, 0.1) is 0 Å². The van der Waals surface area contributed by atoms with Gasteiger partial charge >= 0.3 is 17.9 Å². The third kappa shape index (κ3) is 5.76. The van der Waals surface area contributed by atoms with E-state index in [0.717, 1.165) is 0 Å². The Morgan fingerprint density at radius 3 is 2.39 bits per heavy atom. The molecule has 0 amide bonds. The van der Waals surface area contributed by atoms with Crippen molar-refractivity contribution in [2.24, 2.45) is 4.99 Å². The minimum atomic E-state index is -0.632. The minimum Gasteiger partial charge on any atom is -0.493 e. The van der Waals surface area contributed by atoms with Crippen LogP contribution in [0.1, 0.15) is 38.3 Å².